The van der Waals surface area contributed by atoms with Crippen LogP contribution in [0, 0.1) is 0 Å². The molecule has 52 heavy (non-hydrogen) atoms. The monoisotopic (exact) mass is 683 g/mol. The second-order valence-corrected chi connectivity index (χ2v) is 15.1. The first kappa shape index (κ1) is 30.7. The number of nitrogens with one attached hydrogen (secondary N) is 1. The van der Waals surface area contributed by atoms with Crippen LogP contribution in [0.1, 0.15) is 16.7 Å². The predicted molar refractivity (Wildman–Crippen MR) is 219 cm³/mol. The van der Waals surface area contributed by atoms with E-state index in [1.54, 1.807) is 0 Å². The van der Waals surface area contributed by atoms with Gasteiger partial charge in [-0.25, -0.2) is 0 Å². The summed E-state index contributed by atoms with van der Waals surface area (Å²) in [6.07, 6.45) is 0. The highest BCUT2D eigenvalue weighted by molar-refractivity contribution is 7.68. The van der Waals surface area contributed by atoms with Crippen LogP contribution in [0.2, 0.25) is 0 Å². The third-order valence-corrected chi connectivity index (χ3v) is 12.4. The lowest BCUT2D eigenvalue weighted by Gasteiger charge is -2.38. The fourth-order valence-corrected chi connectivity index (χ4v) is 10.2. The molecular formula is C49H34NOP. The Kier molecular flexibility index (Phi) is 7.46. The Labute approximate surface area is 304 Å². The van der Waals surface area contributed by atoms with Gasteiger partial charge in [0.15, 0.2) is 5.60 Å². The predicted octanol–water partition coefficient (Wildman–Crippen LogP) is 12.0. The Morgan fingerprint density at radius 1 is 0.404 bits per heavy atom. The lowest BCUT2D eigenvalue weighted by molar-refractivity contribution is 0.190. The first-order valence-corrected chi connectivity index (χ1v) is 19.0. The molecule has 1 aliphatic rings. The van der Waals surface area contributed by atoms with Gasteiger partial charge in [-0.2, -0.15) is 0 Å². The van der Waals surface area contributed by atoms with Crippen LogP contribution in [0.15, 0.2) is 200 Å². The zero-order valence-corrected chi connectivity index (χ0v) is 29.3. The van der Waals surface area contributed by atoms with Gasteiger partial charge in [0.2, 0.25) is 0 Å². The minimum atomic E-state index is -1.32. The zero-order chi connectivity index (χ0) is 34.5. The van der Waals surface area contributed by atoms with Gasteiger partial charge in [0, 0.05) is 43.6 Å². The quantitative estimate of drug-likeness (QED) is 0.166. The molecule has 1 unspecified atom stereocenters. The van der Waals surface area contributed by atoms with Crippen LogP contribution < -0.4 is 10.6 Å². The van der Waals surface area contributed by atoms with Gasteiger partial charge >= 0.3 is 0 Å². The molecule has 0 amide bonds. The molecule has 1 aliphatic carbocycles. The third kappa shape index (κ3) is 4.80. The van der Waals surface area contributed by atoms with Crippen molar-refractivity contribution >= 4 is 40.6 Å². The zero-order valence-electron chi connectivity index (χ0n) is 28.4. The van der Waals surface area contributed by atoms with Gasteiger partial charge in [-0.1, -0.05) is 194 Å². The number of para-hydroxylation sites is 2. The summed E-state index contributed by atoms with van der Waals surface area (Å²) in [5.41, 5.74) is 11.7. The van der Waals surface area contributed by atoms with Crippen molar-refractivity contribution in [2.45, 2.75) is 5.60 Å². The summed E-state index contributed by atoms with van der Waals surface area (Å²) in [6.45, 7) is 0. The highest BCUT2D eigenvalue weighted by Crippen LogP contribution is 2.62. The maximum Gasteiger partial charge on any atom is 0.152 e. The molecule has 8 aromatic carbocycles. The average Bonchev–Trinajstić information content (AvgIpc) is 3.75. The maximum absolute atomic E-state index is 8.21. The minimum absolute atomic E-state index is 1.00. The van der Waals surface area contributed by atoms with Gasteiger partial charge in [-0.3, -0.25) is 0 Å². The fraction of sp³-hybridized carbons (Fsp3) is 0.0204. The molecule has 1 heterocycles. The molecule has 1 N–H and O–H groups in total. The topological polar surface area (TPSA) is 25.0 Å². The first-order valence-electron chi connectivity index (χ1n) is 17.8. The summed E-state index contributed by atoms with van der Waals surface area (Å²) >= 11 is 0. The second kappa shape index (κ2) is 12.6. The van der Waals surface area contributed by atoms with Crippen molar-refractivity contribution in [2.24, 2.45) is 0 Å². The van der Waals surface area contributed by atoms with Gasteiger partial charge in [0.25, 0.3) is 0 Å². The van der Waals surface area contributed by atoms with Gasteiger partial charge in [-0.15, -0.1) is 0 Å². The van der Waals surface area contributed by atoms with E-state index >= 15 is 0 Å². The molecule has 0 bridgehead atoms. The Balaban J connectivity index is 1.40. The SMILES string of the molecule is c1ccc(-c2ccc3c(c2-c2ccccc2)C(OP(c2ccccc2)c2ccccc2)(c2cccc4c2[nH]c2ccccc24)c2ccccc2-3)cc1. The van der Waals surface area contributed by atoms with Gasteiger partial charge in [-0.05, 0) is 39.4 Å². The van der Waals surface area contributed by atoms with Crippen LogP contribution in [0.25, 0.3) is 55.2 Å². The van der Waals surface area contributed by atoms with E-state index in [1.807, 2.05) is 0 Å². The van der Waals surface area contributed by atoms with E-state index in [0.717, 1.165) is 27.7 Å². The number of fused-ring (bicyclic) bond motifs is 6. The average molecular weight is 684 g/mol. The van der Waals surface area contributed by atoms with E-state index in [9.17, 15) is 0 Å². The van der Waals surface area contributed by atoms with E-state index in [2.05, 4.69) is 205 Å². The van der Waals surface area contributed by atoms with Crippen molar-refractivity contribution < 1.29 is 4.52 Å². The molecule has 9 aromatic rings. The van der Waals surface area contributed by atoms with E-state index in [-0.39, 0.29) is 0 Å². The van der Waals surface area contributed by atoms with E-state index in [4.69, 9.17) is 4.52 Å². The van der Waals surface area contributed by atoms with Crippen molar-refractivity contribution in [1.82, 2.24) is 4.98 Å². The molecule has 0 fully saturated rings. The van der Waals surface area contributed by atoms with E-state index in [1.165, 1.54) is 54.8 Å². The van der Waals surface area contributed by atoms with E-state index in [0.29, 0.717) is 0 Å². The Morgan fingerprint density at radius 3 is 1.65 bits per heavy atom. The number of aromatic amines is 1. The van der Waals surface area contributed by atoms with E-state index < -0.39 is 13.7 Å². The lowest BCUT2D eigenvalue weighted by atomic mass is 9.78. The largest absolute Gasteiger partial charge is 0.354 e. The fourth-order valence-electron chi connectivity index (χ4n) is 8.22. The molecule has 10 rings (SSSR count). The normalized spacial score (nSPS) is 14.9. The molecule has 0 saturated heterocycles. The highest BCUT2D eigenvalue weighted by Gasteiger charge is 2.51. The van der Waals surface area contributed by atoms with Crippen LogP contribution in [0.3, 0.4) is 0 Å². The third-order valence-electron chi connectivity index (χ3n) is 10.4. The number of rotatable bonds is 7. The Morgan fingerprint density at radius 2 is 0.942 bits per heavy atom. The number of aromatic nitrogens is 1. The number of H-pyrrole nitrogens is 1. The molecule has 246 valence electrons. The number of benzene rings is 8. The summed E-state index contributed by atoms with van der Waals surface area (Å²) in [5.74, 6) is 0. The lowest BCUT2D eigenvalue weighted by Crippen LogP contribution is -2.33. The summed E-state index contributed by atoms with van der Waals surface area (Å²) in [4.78, 5) is 3.90. The van der Waals surface area contributed by atoms with Crippen LogP contribution >= 0.6 is 8.15 Å². The highest BCUT2D eigenvalue weighted by atomic mass is 31.1. The summed E-state index contributed by atoms with van der Waals surface area (Å²) in [5, 5.41) is 4.72. The molecule has 0 spiro atoms. The van der Waals surface area contributed by atoms with Gasteiger partial charge in [0.05, 0.1) is 13.7 Å². The molecular weight excluding hydrogens is 650 g/mol. The van der Waals surface area contributed by atoms with Gasteiger partial charge in [0.1, 0.15) is 0 Å². The summed E-state index contributed by atoms with van der Waals surface area (Å²) in [7, 11) is -1.32. The second-order valence-electron chi connectivity index (χ2n) is 13.3. The molecule has 2 nitrogen and oxygen atoms in total. The molecule has 1 atom stereocenters. The van der Waals surface area contributed by atoms with Crippen LogP contribution in [0.4, 0.5) is 0 Å². The van der Waals surface area contributed by atoms with Crippen LogP contribution in [0.5, 0.6) is 0 Å². The maximum atomic E-state index is 8.21. The number of hydrogen-bond donors (Lipinski definition) is 1. The smallest absolute Gasteiger partial charge is 0.152 e. The molecule has 0 saturated carbocycles. The molecule has 0 radical (unpaired) electrons. The number of hydrogen-bond acceptors (Lipinski definition) is 1. The standard InChI is InChI=1S/C49H34NOP/c1-5-18-34(19-6-1)38-32-33-41-39-26-13-15-29-43(39)49(47(41)46(38)35-20-7-2-8-21-35,44-30-17-28-42-40-27-14-16-31-45(40)50-48(42)44)51-52(36-22-9-3-10-23-36)37-24-11-4-12-25-37/h1-33,50H. The first-order chi connectivity index (χ1) is 25.8. The van der Waals surface area contributed by atoms with Crippen molar-refractivity contribution in [3.8, 4) is 33.4 Å². The van der Waals surface area contributed by atoms with Crippen molar-refractivity contribution in [2.75, 3.05) is 0 Å². The summed E-state index contributed by atoms with van der Waals surface area (Å²) in [6, 6.07) is 72.1. The van der Waals surface area contributed by atoms with Crippen molar-refractivity contribution in [3.05, 3.63) is 217 Å². The van der Waals surface area contributed by atoms with Crippen molar-refractivity contribution in [1.29, 1.82) is 0 Å². The molecule has 3 heteroatoms. The van der Waals surface area contributed by atoms with Crippen LogP contribution in [-0.4, -0.2) is 4.98 Å². The summed E-state index contributed by atoms with van der Waals surface area (Å²) < 4.78 is 8.21. The van der Waals surface area contributed by atoms with Crippen molar-refractivity contribution in [3.63, 3.8) is 0 Å². The molecule has 0 aliphatic heterocycles. The molecule has 1 aromatic heterocycles. The minimum Gasteiger partial charge on any atom is -0.354 e. The Bertz CT molecular complexity index is 2670. The Hall–Kier alpha value is -6.05. The van der Waals surface area contributed by atoms with Gasteiger partial charge < -0.3 is 9.51 Å². The van der Waals surface area contributed by atoms with Crippen LogP contribution in [-0.2, 0) is 10.1 Å².